The van der Waals surface area contributed by atoms with Gasteiger partial charge in [-0.15, -0.1) is 11.3 Å². The van der Waals surface area contributed by atoms with Gasteiger partial charge in [0.2, 0.25) is 0 Å². The van der Waals surface area contributed by atoms with Crippen LogP contribution in [-0.4, -0.2) is 9.38 Å². The zero-order chi connectivity index (χ0) is 14.9. The Bertz CT molecular complexity index is 805. The smallest absolute Gasteiger partial charge is 0.258 e. The monoisotopic (exact) mass is 299 g/mol. The normalized spacial score (nSPS) is 11.9. The van der Waals surface area contributed by atoms with Crippen molar-refractivity contribution in [2.24, 2.45) is 0 Å². The van der Waals surface area contributed by atoms with E-state index in [4.69, 9.17) is 0 Å². The van der Waals surface area contributed by atoms with Gasteiger partial charge in [0, 0.05) is 29.7 Å². The first-order valence-corrected chi connectivity index (χ1v) is 7.70. The second-order valence-electron chi connectivity index (χ2n) is 5.49. The zero-order valence-electron chi connectivity index (χ0n) is 12.0. The highest BCUT2D eigenvalue weighted by molar-refractivity contribution is 7.15. The van der Waals surface area contributed by atoms with Crippen molar-refractivity contribution in [3.05, 3.63) is 69.6 Å². The van der Waals surface area contributed by atoms with Gasteiger partial charge in [0.05, 0.1) is 5.69 Å². The average Bonchev–Trinajstić information content (AvgIpc) is 2.95. The van der Waals surface area contributed by atoms with Crippen LogP contribution in [0.3, 0.4) is 0 Å². The van der Waals surface area contributed by atoms with E-state index in [0.29, 0.717) is 6.54 Å². The summed E-state index contributed by atoms with van der Waals surface area (Å²) in [6.45, 7) is 4.81. The first-order chi connectivity index (χ1) is 10.1. The Morgan fingerprint density at radius 2 is 2.05 bits per heavy atom. The van der Waals surface area contributed by atoms with E-state index in [0.717, 1.165) is 10.7 Å². The number of hydrogen-bond acceptors (Lipinski definition) is 4. The van der Waals surface area contributed by atoms with Gasteiger partial charge in [-0.25, -0.2) is 4.98 Å². The lowest BCUT2D eigenvalue weighted by atomic mass is 9.94. The van der Waals surface area contributed by atoms with Crippen LogP contribution in [0.2, 0.25) is 0 Å². The number of fused-ring (bicyclic) bond motifs is 1. The van der Waals surface area contributed by atoms with Gasteiger partial charge in [-0.3, -0.25) is 9.20 Å². The molecule has 0 radical (unpaired) electrons. The summed E-state index contributed by atoms with van der Waals surface area (Å²) in [6, 6.07) is 11.8. The zero-order valence-corrected chi connectivity index (χ0v) is 12.9. The van der Waals surface area contributed by atoms with Crippen molar-refractivity contribution >= 4 is 16.3 Å². The minimum absolute atomic E-state index is 0.0319. The molecule has 108 valence electrons. The molecule has 0 aliphatic carbocycles. The van der Waals surface area contributed by atoms with Gasteiger partial charge in [0.15, 0.2) is 4.96 Å². The molecule has 1 N–H and O–H groups in total. The third kappa shape index (κ3) is 2.89. The average molecular weight is 299 g/mol. The van der Waals surface area contributed by atoms with E-state index in [9.17, 15) is 4.79 Å². The van der Waals surface area contributed by atoms with E-state index < -0.39 is 0 Å². The lowest BCUT2D eigenvalue weighted by Gasteiger charge is -2.26. The van der Waals surface area contributed by atoms with E-state index in [1.165, 1.54) is 16.9 Å². The fourth-order valence-electron chi connectivity index (χ4n) is 2.25. The maximum absolute atomic E-state index is 12.0. The predicted molar refractivity (Wildman–Crippen MR) is 85.6 cm³/mol. The minimum Gasteiger partial charge on any atom is -0.302 e. The van der Waals surface area contributed by atoms with Gasteiger partial charge in [0.25, 0.3) is 5.56 Å². The number of nitrogens with zero attached hydrogens (tertiary/aromatic N) is 2. The molecule has 3 rings (SSSR count). The van der Waals surface area contributed by atoms with Crippen LogP contribution < -0.4 is 10.9 Å². The van der Waals surface area contributed by atoms with Gasteiger partial charge >= 0.3 is 0 Å². The van der Waals surface area contributed by atoms with Crippen LogP contribution >= 0.6 is 11.3 Å². The summed E-state index contributed by atoms with van der Waals surface area (Å²) in [4.78, 5) is 17.2. The molecule has 3 aromatic rings. The van der Waals surface area contributed by atoms with Crippen molar-refractivity contribution in [2.75, 3.05) is 0 Å². The van der Waals surface area contributed by atoms with E-state index in [2.05, 4.69) is 36.3 Å². The Balaban J connectivity index is 1.81. The van der Waals surface area contributed by atoms with Crippen molar-refractivity contribution in [3.8, 4) is 0 Å². The van der Waals surface area contributed by atoms with Crippen LogP contribution in [0, 0.1) is 0 Å². The minimum atomic E-state index is -0.177. The second-order valence-corrected chi connectivity index (χ2v) is 6.36. The van der Waals surface area contributed by atoms with Gasteiger partial charge in [-0.2, -0.15) is 0 Å². The van der Waals surface area contributed by atoms with Crippen molar-refractivity contribution in [1.82, 2.24) is 14.7 Å². The summed E-state index contributed by atoms with van der Waals surface area (Å²) in [5.41, 5.74) is 1.77. The molecule has 1 aromatic carbocycles. The van der Waals surface area contributed by atoms with Crippen LogP contribution in [0.15, 0.2) is 52.8 Å². The third-order valence-electron chi connectivity index (χ3n) is 3.56. The highest BCUT2D eigenvalue weighted by atomic mass is 32.1. The van der Waals surface area contributed by atoms with Gasteiger partial charge in [-0.1, -0.05) is 30.3 Å². The van der Waals surface area contributed by atoms with Crippen LogP contribution in [-0.2, 0) is 12.1 Å². The number of thiazole rings is 1. The molecule has 4 nitrogen and oxygen atoms in total. The SMILES string of the molecule is CC(C)(NCc1cc(=O)n2ccsc2n1)c1ccccc1. The molecule has 2 heterocycles. The molecule has 0 saturated heterocycles. The molecule has 21 heavy (non-hydrogen) atoms. The summed E-state index contributed by atoms with van der Waals surface area (Å²) < 4.78 is 1.57. The molecule has 0 fully saturated rings. The van der Waals surface area contributed by atoms with Crippen molar-refractivity contribution in [2.45, 2.75) is 25.9 Å². The lowest BCUT2D eigenvalue weighted by molar-refractivity contribution is 0.398. The topological polar surface area (TPSA) is 46.4 Å². The van der Waals surface area contributed by atoms with Crippen molar-refractivity contribution in [1.29, 1.82) is 0 Å². The number of nitrogens with one attached hydrogen (secondary N) is 1. The number of hydrogen-bond donors (Lipinski definition) is 1. The van der Waals surface area contributed by atoms with Crippen LogP contribution in [0.1, 0.15) is 25.1 Å². The highest BCUT2D eigenvalue weighted by Gasteiger charge is 2.19. The Kier molecular flexibility index (Phi) is 3.61. The van der Waals surface area contributed by atoms with Gasteiger partial charge < -0.3 is 5.32 Å². The van der Waals surface area contributed by atoms with E-state index >= 15 is 0 Å². The number of benzene rings is 1. The summed E-state index contributed by atoms with van der Waals surface area (Å²) in [7, 11) is 0. The van der Waals surface area contributed by atoms with Gasteiger partial charge in [0.1, 0.15) is 0 Å². The first kappa shape index (κ1) is 14.0. The molecule has 0 aliphatic rings. The first-order valence-electron chi connectivity index (χ1n) is 6.83. The Morgan fingerprint density at radius 1 is 1.29 bits per heavy atom. The summed E-state index contributed by atoms with van der Waals surface area (Å²) in [6.07, 6.45) is 1.75. The molecular formula is C16H17N3OS. The van der Waals surface area contributed by atoms with Crippen molar-refractivity contribution < 1.29 is 0 Å². The fraction of sp³-hybridized carbons (Fsp3) is 0.250. The summed E-state index contributed by atoms with van der Waals surface area (Å²) >= 11 is 1.47. The largest absolute Gasteiger partial charge is 0.302 e. The maximum atomic E-state index is 12.0. The molecule has 2 aromatic heterocycles. The lowest BCUT2D eigenvalue weighted by Crippen LogP contribution is -2.36. The molecule has 0 saturated carbocycles. The number of aromatic nitrogens is 2. The molecule has 5 heteroatoms. The van der Waals surface area contributed by atoms with Gasteiger partial charge in [-0.05, 0) is 19.4 Å². The molecule has 0 unspecified atom stereocenters. The van der Waals surface area contributed by atoms with E-state index in [1.54, 1.807) is 16.7 Å². The highest BCUT2D eigenvalue weighted by Crippen LogP contribution is 2.19. The van der Waals surface area contributed by atoms with Crippen LogP contribution in [0.25, 0.3) is 4.96 Å². The molecule has 0 atom stereocenters. The second kappa shape index (κ2) is 5.42. The third-order valence-corrected chi connectivity index (χ3v) is 4.32. The summed E-state index contributed by atoms with van der Waals surface area (Å²) in [5.74, 6) is 0. The quantitative estimate of drug-likeness (QED) is 0.806. The predicted octanol–water partition coefficient (Wildman–Crippen LogP) is 2.78. The molecular weight excluding hydrogens is 282 g/mol. The number of rotatable bonds is 4. The molecule has 0 amide bonds. The Labute approximate surface area is 127 Å². The van der Waals surface area contributed by atoms with Crippen molar-refractivity contribution in [3.63, 3.8) is 0 Å². The van der Waals surface area contributed by atoms with E-state index in [-0.39, 0.29) is 11.1 Å². The van der Waals surface area contributed by atoms with Crippen LogP contribution in [0.5, 0.6) is 0 Å². The molecule has 0 spiro atoms. The molecule has 0 aliphatic heterocycles. The van der Waals surface area contributed by atoms with E-state index in [1.807, 2.05) is 23.6 Å². The maximum Gasteiger partial charge on any atom is 0.258 e. The summed E-state index contributed by atoms with van der Waals surface area (Å²) in [5, 5.41) is 5.34. The molecule has 0 bridgehead atoms. The Hall–Kier alpha value is -1.98. The Morgan fingerprint density at radius 3 is 2.81 bits per heavy atom. The standard InChI is InChI=1S/C16H17N3OS/c1-16(2,12-6-4-3-5-7-12)17-11-13-10-14(20)19-8-9-21-15(19)18-13/h3-10,17H,11H2,1-2H3. The fourth-order valence-corrected chi connectivity index (χ4v) is 2.99. The van der Waals surface area contributed by atoms with Crippen LogP contribution in [0.4, 0.5) is 0 Å².